The molecule has 3 nitrogen and oxygen atoms in total. The van der Waals surface area contributed by atoms with Gasteiger partial charge in [-0.2, -0.15) is 0 Å². The van der Waals surface area contributed by atoms with Gasteiger partial charge in [-0.3, -0.25) is 0 Å². The van der Waals surface area contributed by atoms with E-state index in [9.17, 15) is 0 Å². The molecule has 1 aromatic carbocycles. The molecule has 0 atom stereocenters. The van der Waals surface area contributed by atoms with E-state index in [2.05, 4.69) is 17.6 Å². The summed E-state index contributed by atoms with van der Waals surface area (Å²) in [5.74, 6) is 1.17. The Morgan fingerprint density at radius 3 is 2.70 bits per heavy atom. The smallest absolute Gasteiger partial charge is 0.117 e. The molecule has 1 aliphatic carbocycles. The molecule has 0 unspecified atom stereocenters. The number of halogens is 1. The van der Waals surface area contributed by atoms with E-state index in [1.165, 1.54) is 30.6 Å². The zero-order valence-electron chi connectivity index (χ0n) is 12.0. The molecule has 1 heterocycles. The molecule has 4 heteroatoms. The number of nitrogens with zero attached hydrogens (tertiary/aromatic N) is 2. The second-order valence-electron chi connectivity index (χ2n) is 5.86. The molecule has 0 bridgehead atoms. The van der Waals surface area contributed by atoms with Crippen molar-refractivity contribution < 1.29 is 0 Å². The van der Waals surface area contributed by atoms with Gasteiger partial charge >= 0.3 is 0 Å². The molecule has 0 spiro atoms. The van der Waals surface area contributed by atoms with Crippen molar-refractivity contribution in [3.63, 3.8) is 0 Å². The van der Waals surface area contributed by atoms with Crippen LogP contribution in [-0.4, -0.2) is 16.1 Å². The molecule has 0 radical (unpaired) electrons. The van der Waals surface area contributed by atoms with Gasteiger partial charge in [-0.25, -0.2) is 4.98 Å². The molecule has 1 saturated carbocycles. The number of hydrogen-bond acceptors (Lipinski definition) is 2. The summed E-state index contributed by atoms with van der Waals surface area (Å²) in [4.78, 5) is 4.91. The Morgan fingerprint density at radius 1 is 1.30 bits per heavy atom. The molecule has 2 aromatic rings. The second kappa shape index (κ2) is 5.38. The lowest BCUT2D eigenvalue weighted by atomic mass is 9.73. The van der Waals surface area contributed by atoms with E-state index in [0.29, 0.717) is 6.54 Å². The molecule has 20 heavy (non-hydrogen) atoms. The minimum atomic E-state index is 0.0553. The van der Waals surface area contributed by atoms with E-state index >= 15 is 0 Å². The summed E-state index contributed by atoms with van der Waals surface area (Å²) in [6.07, 6.45) is 6.14. The van der Waals surface area contributed by atoms with Crippen molar-refractivity contribution in [3.05, 3.63) is 29.0 Å². The van der Waals surface area contributed by atoms with E-state index in [0.717, 1.165) is 29.9 Å². The summed E-state index contributed by atoms with van der Waals surface area (Å²) in [6, 6.07) is 5.97. The highest BCUT2D eigenvalue weighted by atomic mass is 35.5. The third-order valence-corrected chi connectivity index (χ3v) is 4.94. The molecular formula is C16H22ClN3. The summed E-state index contributed by atoms with van der Waals surface area (Å²) in [7, 11) is 0. The maximum absolute atomic E-state index is 6.17. The quantitative estimate of drug-likeness (QED) is 0.933. The van der Waals surface area contributed by atoms with Crippen molar-refractivity contribution in [2.24, 2.45) is 5.73 Å². The third-order valence-electron chi connectivity index (χ3n) is 4.70. The molecule has 0 aliphatic heterocycles. The lowest BCUT2D eigenvalue weighted by Crippen LogP contribution is -2.39. The van der Waals surface area contributed by atoms with E-state index in [-0.39, 0.29) is 5.41 Å². The van der Waals surface area contributed by atoms with Crippen LogP contribution in [0.2, 0.25) is 5.02 Å². The predicted molar refractivity (Wildman–Crippen MR) is 84.2 cm³/mol. The van der Waals surface area contributed by atoms with E-state index < -0.39 is 0 Å². The lowest BCUT2D eigenvalue weighted by molar-refractivity contribution is 0.278. The topological polar surface area (TPSA) is 43.8 Å². The van der Waals surface area contributed by atoms with Crippen LogP contribution in [0, 0.1) is 0 Å². The van der Waals surface area contributed by atoms with Crippen molar-refractivity contribution in [2.75, 3.05) is 6.54 Å². The maximum atomic E-state index is 6.17. The minimum absolute atomic E-state index is 0.0553. The Morgan fingerprint density at radius 2 is 2.05 bits per heavy atom. The summed E-state index contributed by atoms with van der Waals surface area (Å²) < 4.78 is 2.32. The highest BCUT2D eigenvalue weighted by Crippen LogP contribution is 2.39. The molecule has 2 N–H and O–H groups in total. The number of hydrogen-bond donors (Lipinski definition) is 1. The first-order valence-electron chi connectivity index (χ1n) is 7.56. The molecule has 1 aromatic heterocycles. The number of rotatable bonds is 3. The van der Waals surface area contributed by atoms with Crippen LogP contribution < -0.4 is 5.73 Å². The zero-order valence-corrected chi connectivity index (χ0v) is 12.8. The van der Waals surface area contributed by atoms with Crippen LogP contribution in [-0.2, 0) is 12.0 Å². The number of benzene rings is 1. The molecule has 1 aliphatic rings. The SMILES string of the molecule is CCn1c(C2(CN)CCCCC2)nc2cc(Cl)ccc21. The van der Waals surface area contributed by atoms with E-state index in [1.807, 2.05) is 12.1 Å². The third kappa shape index (κ3) is 2.13. The lowest BCUT2D eigenvalue weighted by Gasteiger charge is -2.35. The fourth-order valence-corrected chi connectivity index (χ4v) is 3.74. The van der Waals surface area contributed by atoms with Crippen molar-refractivity contribution >= 4 is 22.6 Å². The first-order chi connectivity index (χ1) is 9.70. The number of aryl methyl sites for hydroxylation is 1. The fourth-order valence-electron chi connectivity index (χ4n) is 3.58. The zero-order chi connectivity index (χ0) is 14.2. The molecule has 1 fully saturated rings. The Hall–Kier alpha value is -1.06. The highest BCUT2D eigenvalue weighted by molar-refractivity contribution is 6.31. The number of imidazole rings is 1. The maximum Gasteiger partial charge on any atom is 0.117 e. The average molecular weight is 292 g/mol. The van der Waals surface area contributed by atoms with Gasteiger partial charge in [0.15, 0.2) is 0 Å². The standard InChI is InChI=1S/C16H22ClN3/c1-2-20-14-7-6-12(17)10-13(14)19-15(20)16(11-18)8-4-3-5-9-16/h6-7,10H,2-5,8-9,11,18H2,1H3. The molecule has 0 amide bonds. The van der Waals surface area contributed by atoms with Crippen LogP contribution >= 0.6 is 11.6 Å². The van der Waals surface area contributed by atoms with Gasteiger partial charge in [0.05, 0.1) is 11.0 Å². The summed E-state index contributed by atoms with van der Waals surface area (Å²) in [5, 5.41) is 0.746. The summed E-state index contributed by atoms with van der Waals surface area (Å²) in [5.41, 5.74) is 8.39. The van der Waals surface area contributed by atoms with Gasteiger partial charge < -0.3 is 10.3 Å². The minimum Gasteiger partial charge on any atom is -0.329 e. The second-order valence-corrected chi connectivity index (χ2v) is 6.29. The van der Waals surface area contributed by atoms with Gasteiger partial charge in [-0.05, 0) is 38.0 Å². The Kier molecular flexibility index (Phi) is 3.74. The first kappa shape index (κ1) is 13.9. The van der Waals surface area contributed by atoms with Gasteiger partial charge in [-0.15, -0.1) is 0 Å². The average Bonchev–Trinajstić information content (AvgIpc) is 2.86. The number of aromatic nitrogens is 2. The monoisotopic (exact) mass is 291 g/mol. The summed E-state index contributed by atoms with van der Waals surface area (Å²) in [6.45, 7) is 3.78. The number of nitrogens with two attached hydrogens (primary N) is 1. The molecule has 108 valence electrons. The van der Waals surface area contributed by atoms with Crippen molar-refractivity contribution in [1.29, 1.82) is 0 Å². The fraction of sp³-hybridized carbons (Fsp3) is 0.562. The highest BCUT2D eigenvalue weighted by Gasteiger charge is 2.37. The van der Waals surface area contributed by atoms with E-state index in [1.54, 1.807) is 0 Å². The van der Waals surface area contributed by atoms with Gasteiger partial charge in [0.1, 0.15) is 5.82 Å². The molecular weight excluding hydrogens is 270 g/mol. The van der Waals surface area contributed by atoms with Crippen LogP contribution in [0.3, 0.4) is 0 Å². The van der Waals surface area contributed by atoms with Crippen LogP contribution in [0.25, 0.3) is 11.0 Å². The Labute approximate surface area is 125 Å². The number of fused-ring (bicyclic) bond motifs is 1. The largest absolute Gasteiger partial charge is 0.329 e. The van der Waals surface area contributed by atoms with E-state index in [4.69, 9.17) is 22.3 Å². The van der Waals surface area contributed by atoms with Gasteiger partial charge in [0.2, 0.25) is 0 Å². The van der Waals surface area contributed by atoms with Crippen LogP contribution in [0.1, 0.15) is 44.9 Å². The van der Waals surface area contributed by atoms with Gasteiger partial charge in [0, 0.05) is 23.5 Å². The molecule has 3 rings (SSSR count). The Bertz CT molecular complexity index is 611. The van der Waals surface area contributed by atoms with Crippen molar-refractivity contribution in [2.45, 2.75) is 51.0 Å². The molecule has 0 saturated heterocycles. The summed E-state index contributed by atoms with van der Waals surface area (Å²) >= 11 is 6.10. The van der Waals surface area contributed by atoms with Crippen LogP contribution in [0.5, 0.6) is 0 Å². The first-order valence-corrected chi connectivity index (χ1v) is 7.94. The van der Waals surface area contributed by atoms with Gasteiger partial charge in [-0.1, -0.05) is 30.9 Å². The Balaban J connectivity index is 2.18. The van der Waals surface area contributed by atoms with Crippen LogP contribution in [0.4, 0.5) is 0 Å². The van der Waals surface area contributed by atoms with Crippen molar-refractivity contribution in [1.82, 2.24) is 9.55 Å². The predicted octanol–water partition coefficient (Wildman–Crippen LogP) is 3.87. The van der Waals surface area contributed by atoms with Gasteiger partial charge in [0.25, 0.3) is 0 Å². The normalized spacial score (nSPS) is 18.6. The van der Waals surface area contributed by atoms with Crippen LogP contribution in [0.15, 0.2) is 18.2 Å². The van der Waals surface area contributed by atoms with Crippen molar-refractivity contribution in [3.8, 4) is 0 Å².